The van der Waals surface area contributed by atoms with E-state index in [9.17, 15) is 4.79 Å². The maximum atomic E-state index is 12.1. The van der Waals surface area contributed by atoms with Crippen molar-refractivity contribution in [3.63, 3.8) is 0 Å². The molecule has 1 unspecified atom stereocenters. The predicted octanol–water partition coefficient (Wildman–Crippen LogP) is 1.89. The monoisotopic (exact) mass is 272 g/mol. The Morgan fingerprint density at radius 2 is 2.20 bits per heavy atom. The lowest BCUT2D eigenvalue weighted by atomic mass is 9.81. The molecule has 0 amide bonds. The fraction of sp³-hybridized carbons (Fsp3) is 0.562. The van der Waals surface area contributed by atoms with Crippen LogP contribution in [0.25, 0.3) is 0 Å². The Morgan fingerprint density at radius 1 is 1.45 bits per heavy atom. The quantitative estimate of drug-likeness (QED) is 0.620. The molecule has 1 heterocycles. The van der Waals surface area contributed by atoms with Crippen LogP contribution in [0.1, 0.15) is 31.7 Å². The number of hydrogen-bond acceptors (Lipinski definition) is 3. The highest BCUT2D eigenvalue weighted by Gasteiger charge is 2.56. The largest absolute Gasteiger partial charge is 0.461 e. The van der Waals surface area contributed by atoms with Gasteiger partial charge in [0.05, 0.1) is 12.0 Å². The van der Waals surface area contributed by atoms with E-state index in [1.165, 1.54) is 6.42 Å². The number of fused-ring (bicyclic) bond motifs is 2. The van der Waals surface area contributed by atoms with Crippen molar-refractivity contribution in [1.82, 2.24) is 0 Å². The van der Waals surface area contributed by atoms with Crippen LogP contribution in [0.15, 0.2) is 30.3 Å². The van der Waals surface area contributed by atoms with Crippen molar-refractivity contribution in [1.29, 1.82) is 0 Å². The predicted molar refractivity (Wildman–Crippen MR) is 78.9 cm³/mol. The van der Waals surface area contributed by atoms with Crippen LogP contribution in [0.3, 0.4) is 0 Å². The van der Waals surface area contributed by atoms with Crippen molar-refractivity contribution < 1.29 is 14.3 Å². The average Bonchev–Trinajstić information content (AvgIpc) is 2.86. The molecule has 2 aliphatic rings. The SMILES string of the molecule is B[C@@H]1O[C@@]2(CC(=O)OCc3ccccc3)CCC1[C@H]2C. The maximum Gasteiger partial charge on any atom is 0.309 e. The molecule has 2 bridgehead atoms. The molecule has 1 aromatic carbocycles. The summed E-state index contributed by atoms with van der Waals surface area (Å²) in [7, 11) is 2.12. The molecule has 1 saturated heterocycles. The van der Waals surface area contributed by atoms with Gasteiger partial charge in [-0.25, -0.2) is 0 Å². The van der Waals surface area contributed by atoms with Gasteiger partial charge in [-0.05, 0) is 30.2 Å². The summed E-state index contributed by atoms with van der Waals surface area (Å²) in [4.78, 5) is 12.1. The summed E-state index contributed by atoms with van der Waals surface area (Å²) in [5.74, 6) is 0.925. The van der Waals surface area contributed by atoms with Crippen LogP contribution in [0.5, 0.6) is 0 Å². The molecule has 3 nitrogen and oxygen atoms in total. The minimum absolute atomic E-state index is 0.143. The fourth-order valence-corrected chi connectivity index (χ4v) is 3.87. The van der Waals surface area contributed by atoms with E-state index < -0.39 is 0 Å². The topological polar surface area (TPSA) is 35.5 Å². The molecule has 20 heavy (non-hydrogen) atoms. The van der Waals surface area contributed by atoms with E-state index in [4.69, 9.17) is 9.47 Å². The summed E-state index contributed by atoms with van der Waals surface area (Å²) in [5, 5.41) is 0. The first-order valence-corrected chi connectivity index (χ1v) is 7.48. The lowest BCUT2D eigenvalue weighted by Gasteiger charge is -2.30. The minimum atomic E-state index is -0.266. The van der Waals surface area contributed by atoms with Crippen molar-refractivity contribution in [3.05, 3.63) is 35.9 Å². The summed E-state index contributed by atoms with van der Waals surface area (Å²) in [6.45, 7) is 2.56. The van der Waals surface area contributed by atoms with Gasteiger partial charge in [0.1, 0.15) is 14.5 Å². The van der Waals surface area contributed by atoms with Crippen LogP contribution in [0.2, 0.25) is 0 Å². The van der Waals surface area contributed by atoms with Crippen molar-refractivity contribution in [2.45, 2.75) is 44.4 Å². The smallest absolute Gasteiger partial charge is 0.309 e. The molecule has 0 aromatic heterocycles. The zero-order chi connectivity index (χ0) is 14.2. The second-order valence-corrected chi connectivity index (χ2v) is 6.20. The Hall–Kier alpha value is -1.29. The lowest BCUT2D eigenvalue weighted by molar-refractivity contribution is -0.153. The van der Waals surface area contributed by atoms with Gasteiger partial charge in [-0.3, -0.25) is 4.79 Å². The van der Waals surface area contributed by atoms with Gasteiger partial charge in [0, 0.05) is 6.00 Å². The average molecular weight is 272 g/mol. The van der Waals surface area contributed by atoms with E-state index in [0.717, 1.165) is 12.0 Å². The van der Waals surface area contributed by atoms with Gasteiger partial charge < -0.3 is 9.47 Å². The normalized spacial score (nSPS) is 35.1. The summed E-state index contributed by atoms with van der Waals surface area (Å²) in [5.41, 5.74) is 0.758. The maximum absolute atomic E-state index is 12.1. The first-order chi connectivity index (χ1) is 9.61. The van der Waals surface area contributed by atoms with Crippen LogP contribution in [-0.2, 0) is 20.9 Å². The zero-order valence-corrected chi connectivity index (χ0v) is 12.2. The highest BCUT2D eigenvalue weighted by atomic mass is 16.5. The van der Waals surface area contributed by atoms with Crippen LogP contribution in [0.4, 0.5) is 0 Å². The van der Waals surface area contributed by atoms with Gasteiger partial charge in [0.15, 0.2) is 0 Å². The number of benzene rings is 1. The fourth-order valence-electron chi connectivity index (χ4n) is 3.87. The lowest BCUT2D eigenvalue weighted by Crippen LogP contribution is -2.36. The summed E-state index contributed by atoms with van der Waals surface area (Å²) in [6.07, 6.45) is 2.56. The molecule has 1 saturated carbocycles. The van der Waals surface area contributed by atoms with Crippen LogP contribution in [0, 0.1) is 11.8 Å². The van der Waals surface area contributed by atoms with E-state index in [-0.39, 0.29) is 17.6 Å². The number of esters is 1. The second-order valence-electron chi connectivity index (χ2n) is 6.20. The Morgan fingerprint density at radius 3 is 2.80 bits per heavy atom. The third-order valence-electron chi connectivity index (χ3n) is 5.08. The number of ether oxygens (including phenoxy) is 2. The highest BCUT2D eigenvalue weighted by molar-refractivity contribution is 6.11. The van der Waals surface area contributed by atoms with E-state index in [2.05, 4.69) is 14.8 Å². The molecule has 1 aliphatic carbocycles. The Bertz CT molecular complexity index is 490. The summed E-state index contributed by atoms with van der Waals surface area (Å²) in [6, 6.07) is 10.1. The van der Waals surface area contributed by atoms with E-state index in [1.54, 1.807) is 0 Å². The Balaban J connectivity index is 1.57. The molecule has 106 valence electrons. The number of hydrogen-bond donors (Lipinski definition) is 0. The van der Waals surface area contributed by atoms with Crippen molar-refractivity contribution >= 4 is 13.8 Å². The van der Waals surface area contributed by atoms with E-state index in [0.29, 0.717) is 24.9 Å². The summed E-state index contributed by atoms with van der Waals surface area (Å²) >= 11 is 0. The van der Waals surface area contributed by atoms with E-state index >= 15 is 0 Å². The van der Waals surface area contributed by atoms with Crippen LogP contribution < -0.4 is 0 Å². The van der Waals surface area contributed by atoms with Gasteiger partial charge >= 0.3 is 5.97 Å². The molecule has 2 fully saturated rings. The molecule has 1 aromatic rings. The summed E-state index contributed by atoms with van der Waals surface area (Å²) < 4.78 is 11.5. The molecule has 0 spiro atoms. The van der Waals surface area contributed by atoms with Crippen molar-refractivity contribution in [2.24, 2.45) is 11.8 Å². The van der Waals surface area contributed by atoms with Gasteiger partial charge in [-0.2, -0.15) is 0 Å². The van der Waals surface area contributed by atoms with Gasteiger partial charge in [-0.1, -0.05) is 37.3 Å². The van der Waals surface area contributed by atoms with Crippen LogP contribution >= 0.6 is 0 Å². The molecule has 1 aliphatic heterocycles. The van der Waals surface area contributed by atoms with E-state index in [1.807, 2.05) is 30.3 Å². The molecule has 4 atom stereocenters. The third-order valence-corrected chi connectivity index (χ3v) is 5.08. The first-order valence-electron chi connectivity index (χ1n) is 7.48. The van der Waals surface area contributed by atoms with Crippen molar-refractivity contribution in [3.8, 4) is 0 Å². The molecular weight excluding hydrogens is 251 g/mol. The van der Waals surface area contributed by atoms with Crippen LogP contribution in [-0.4, -0.2) is 25.4 Å². The number of carbonyl (C=O) groups is 1. The third kappa shape index (κ3) is 2.37. The Kier molecular flexibility index (Phi) is 3.59. The number of rotatable bonds is 4. The van der Waals surface area contributed by atoms with Gasteiger partial charge in [0.25, 0.3) is 0 Å². The first kappa shape index (κ1) is 13.7. The molecule has 4 heteroatoms. The zero-order valence-electron chi connectivity index (χ0n) is 12.2. The minimum Gasteiger partial charge on any atom is -0.461 e. The molecular formula is C16H21BO3. The second kappa shape index (κ2) is 5.25. The standard InChI is InChI=1S/C16H21BO3/c1-11-13-7-8-16(11,20-15(13)17)9-14(18)19-10-12-5-3-2-4-6-12/h2-6,11,13,15H,7-10,17H2,1H3/t11-,13?,15-,16-/m1/s1. The molecule has 0 N–H and O–H groups in total. The molecule has 3 rings (SSSR count). The highest BCUT2D eigenvalue weighted by Crippen LogP contribution is 2.53. The van der Waals surface area contributed by atoms with Crippen molar-refractivity contribution in [2.75, 3.05) is 0 Å². The van der Waals surface area contributed by atoms with Gasteiger partial charge in [0.2, 0.25) is 0 Å². The molecule has 0 radical (unpaired) electrons. The number of carbonyl (C=O) groups excluding carboxylic acids is 1. The van der Waals surface area contributed by atoms with Gasteiger partial charge in [-0.15, -0.1) is 0 Å². The Labute approximate surface area is 121 Å².